The second-order valence-electron chi connectivity index (χ2n) is 7.16. The van der Waals surface area contributed by atoms with Crippen LogP contribution in [0.5, 0.6) is 0 Å². The number of aliphatic imine (C=N–C) groups is 1. The van der Waals surface area contributed by atoms with Gasteiger partial charge in [-0.2, -0.15) is 0 Å². The van der Waals surface area contributed by atoms with Crippen molar-refractivity contribution in [2.75, 3.05) is 37.3 Å². The molecule has 170 valence electrons. The fraction of sp³-hybridized carbons (Fsp3) is 0.381. The lowest BCUT2D eigenvalue weighted by Crippen LogP contribution is -2.51. The van der Waals surface area contributed by atoms with Gasteiger partial charge in [-0.3, -0.25) is 4.99 Å². The lowest BCUT2D eigenvalue weighted by atomic mass is 10.0. The van der Waals surface area contributed by atoms with Crippen LogP contribution in [0.2, 0.25) is 0 Å². The van der Waals surface area contributed by atoms with Gasteiger partial charge in [-0.05, 0) is 43.2 Å². The third-order valence-electron chi connectivity index (χ3n) is 4.99. The smallest absolute Gasteiger partial charge is 0.191 e. The third kappa shape index (κ3) is 7.03. The van der Waals surface area contributed by atoms with Crippen LogP contribution >= 0.6 is 24.0 Å². The minimum absolute atomic E-state index is 0. The Morgan fingerprint density at radius 2 is 1.97 bits per heavy atom. The Hall–Kier alpha value is -1.95. The first-order valence-corrected chi connectivity index (χ1v) is 11.5. The summed E-state index contributed by atoms with van der Waals surface area (Å²) < 4.78 is 52.0. The molecule has 1 aliphatic heterocycles. The van der Waals surface area contributed by atoms with Gasteiger partial charge >= 0.3 is 0 Å². The van der Waals surface area contributed by atoms with E-state index in [0.717, 1.165) is 31.1 Å². The zero-order valence-electron chi connectivity index (χ0n) is 17.2. The molecule has 1 fully saturated rings. The SMILES string of the molecule is CN=C(NCCS(=O)(=O)c1ccccc1F)NC1CCCN(c2cccc(F)c2)C1.I. The molecule has 1 aliphatic rings. The molecule has 1 atom stereocenters. The first-order valence-electron chi connectivity index (χ1n) is 9.84. The highest BCUT2D eigenvalue weighted by Crippen LogP contribution is 2.20. The van der Waals surface area contributed by atoms with Gasteiger partial charge in [0.05, 0.1) is 5.75 Å². The number of rotatable bonds is 6. The highest BCUT2D eigenvalue weighted by atomic mass is 127. The lowest BCUT2D eigenvalue weighted by molar-refractivity contribution is 0.468. The van der Waals surface area contributed by atoms with Crippen LogP contribution in [0, 0.1) is 11.6 Å². The number of hydrogen-bond acceptors (Lipinski definition) is 4. The fourth-order valence-corrected chi connectivity index (χ4v) is 4.74. The first kappa shape index (κ1) is 25.3. The second kappa shape index (κ2) is 11.6. The average molecular weight is 564 g/mol. The number of benzene rings is 2. The van der Waals surface area contributed by atoms with Gasteiger partial charge in [0.25, 0.3) is 0 Å². The van der Waals surface area contributed by atoms with Crippen LogP contribution in [0.4, 0.5) is 14.5 Å². The van der Waals surface area contributed by atoms with Gasteiger partial charge in [-0.15, -0.1) is 24.0 Å². The molecule has 0 aliphatic carbocycles. The van der Waals surface area contributed by atoms with Gasteiger partial charge in [-0.1, -0.05) is 18.2 Å². The van der Waals surface area contributed by atoms with Crippen molar-refractivity contribution in [2.24, 2.45) is 4.99 Å². The van der Waals surface area contributed by atoms with Gasteiger partial charge in [0.2, 0.25) is 0 Å². The van der Waals surface area contributed by atoms with Gasteiger partial charge in [0.15, 0.2) is 15.8 Å². The molecule has 10 heteroatoms. The Bertz CT molecular complexity index is 1000. The summed E-state index contributed by atoms with van der Waals surface area (Å²) in [6, 6.07) is 11.9. The summed E-state index contributed by atoms with van der Waals surface area (Å²) in [5, 5.41) is 6.28. The molecule has 31 heavy (non-hydrogen) atoms. The molecular formula is C21H27F2IN4O2S. The largest absolute Gasteiger partial charge is 0.369 e. The number of guanidine groups is 1. The number of anilines is 1. The highest BCUT2D eigenvalue weighted by molar-refractivity contribution is 14.0. The van der Waals surface area contributed by atoms with E-state index in [2.05, 4.69) is 20.5 Å². The van der Waals surface area contributed by atoms with E-state index < -0.39 is 15.7 Å². The molecule has 1 unspecified atom stereocenters. The number of piperidine rings is 1. The van der Waals surface area contributed by atoms with E-state index in [1.54, 1.807) is 13.1 Å². The molecule has 1 heterocycles. The molecule has 0 saturated carbocycles. The van der Waals surface area contributed by atoms with Gasteiger partial charge in [0, 0.05) is 38.4 Å². The van der Waals surface area contributed by atoms with E-state index in [1.165, 1.54) is 30.3 Å². The van der Waals surface area contributed by atoms with Gasteiger partial charge < -0.3 is 15.5 Å². The minimum Gasteiger partial charge on any atom is -0.369 e. The van der Waals surface area contributed by atoms with Crippen molar-refractivity contribution in [1.82, 2.24) is 10.6 Å². The monoisotopic (exact) mass is 564 g/mol. The first-order chi connectivity index (χ1) is 14.4. The van der Waals surface area contributed by atoms with Crippen LogP contribution in [0.25, 0.3) is 0 Å². The van der Waals surface area contributed by atoms with E-state index in [1.807, 2.05) is 6.07 Å². The number of nitrogens with zero attached hydrogens (tertiary/aromatic N) is 2. The number of halogens is 3. The number of sulfone groups is 1. The predicted octanol–water partition coefficient (Wildman–Crippen LogP) is 3.19. The van der Waals surface area contributed by atoms with E-state index in [0.29, 0.717) is 12.5 Å². The van der Waals surface area contributed by atoms with Crippen molar-refractivity contribution in [3.05, 3.63) is 60.2 Å². The summed E-state index contributed by atoms with van der Waals surface area (Å²) >= 11 is 0. The van der Waals surface area contributed by atoms with Crippen molar-refractivity contribution in [1.29, 1.82) is 0 Å². The molecule has 2 aromatic carbocycles. The zero-order chi connectivity index (χ0) is 21.6. The van der Waals surface area contributed by atoms with E-state index >= 15 is 0 Å². The summed E-state index contributed by atoms with van der Waals surface area (Å²) in [6.07, 6.45) is 1.85. The molecule has 2 N–H and O–H groups in total. The Labute approximate surface area is 199 Å². The molecule has 2 aromatic rings. The van der Waals surface area contributed by atoms with Crippen LogP contribution in [0.3, 0.4) is 0 Å². The Morgan fingerprint density at radius 3 is 2.68 bits per heavy atom. The molecular weight excluding hydrogens is 537 g/mol. The van der Waals surface area contributed by atoms with Gasteiger partial charge in [0.1, 0.15) is 16.5 Å². The summed E-state index contributed by atoms with van der Waals surface area (Å²) in [6.45, 7) is 1.61. The molecule has 0 spiro atoms. The molecule has 0 amide bonds. The van der Waals surface area contributed by atoms with Crippen LogP contribution in [-0.4, -0.2) is 52.9 Å². The average Bonchev–Trinajstić information content (AvgIpc) is 2.73. The maximum Gasteiger partial charge on any atom is 0.191 e. The summed E-state index contributed by atoms with van der Waals surface area (Å²) in [7, 11) is -2.14. The van der Waals surface area contributed by atoms with E-state index in [4.69, 9.17) is 0 Å². The molecule has 1 saturated heterocycles. The molecule has 0 bridgehead atoms. The maximum atomic E-state index is 13.8. The third-order valence-corrected chi connectivity index (χ3v) is 6.74. The van der Waals surface area contributed by atoms with Crippen molar-refractivity contribution in [2.45, 2.75) is 23.8 Å². The summed E-state index contributed by atoms with van der Waals surface area (Å²) in [4.78, 5) is 5.96. The van der Waals surface area contributed by atoms with Crippen LogP contribution < -0.4 is 15.5 Å². The predicted molar refractivity (Wildman–Crippen MR) is 130 cm³/mol. The van der Waals surface area contributed by atoms with Crippen LogP contribution in [-0.2, 0) is 9.84 Å². The lowest BCUT2D eigenvalue weighted by Gasteiger charge is -2.35. The summed E-state index contributed by atoms with van der Waals surface area (Å²) in [5.74, 6) is -0.796. The van der Waals surface area contributed by atoms with Crippen molar-refractivity contribution >= 4 is 45.5 Å². The van der Waals surface area contributed by atoms with Crippen molar-refractivity contribution in [3.63, 3.8) is 0 Å². The molecule has 6 nitrogen and oxygen atoms in total. The zero-order valence-corrected chi connectivity index (χ0v) is 20.4. The topological polar surface area (TPSA) is 73.8 Å². The maximum absolute atomic E-state index is 13.8. The fourth-order valence-electron chi connectivity index (χ4n) is 3.50. The number of hydrogen-bond donors (Lipinski definition) is 2. The van der Waals surface area contributed by atoms with E-state index in [9.17, 15) is 17.2 Å². The standard InChI is InChI=1S/C21H26F2N4O2S.HI/c1-24-21(25-11-13-30(28,29)20-10-3-2-9-19(20)23)26-17-7-5-12-27(15-17)18-8-4-6-16(22)14-18;/h2-4,6,8-10,14,17H,5,7,11-13,15H2,1H3,(H2,24,25,26);1H. The molecule has 0 aromatic heterocycles. The van der Waals surface area contributed by atoms with E-state index in [-0.39, 0.29) is 53.0 Å². The minimum atomic E-state index is -3.74. The molecule has 3 rings (SSSR count). The number of nitrogens with one attached hydrogen (secondary N) is 2. The molecule has 0 radical (unpaired) electrons. The Kier molecular flexibility index (Phi) is 9.48. The van der Waals surface area contributed by atoms with Crippen LogP contribution in [0.1, 0.15) is 12.8 Å². The highest BCUT2D eigenvalue weighted by Gasteiger charge is 2.22. The van der Waals surface area contributed by atoms with Crippen molar-refractivity contribution < 1.29 is 17.2 Å². The Balaban J connectivity index is 0.00000341. The van der Waals surface area contributed by atoms with Gasteiger partial charge in [-0.25, -0.2) is 17.2 Å². The van der Waals surface area contributed by atoms with Crippen molar-refractivity contribution in [3.8, 4) is 0 Å². The normalized spacial score (nSPS) is 17.1. The quantitative estimate of drug-likeness (QED) is 0.321. The summed E-state index contributed by atoms with van der Waals surface area (Å²) in [5.41, 5.74) is 0.834. The van der Waals surface area contributed by atoms with Crippen LogP contribution in [0.15, 0.2) is 58.4 Å². The second-order valence-corrected chi connectivity index (χ2v) is 9.24. The Morgan fingerprint density at radius 1 is 1.19 bits per heavy atom.